The molecule has 84 valence electrons. The van der Waals surface area contributed by atoms with Crippen molar-refractivity contribution in [2.75, 3.05) is 33.7 Å². The predicted octanol–water partition coefficient (Wildman–Crippen LogP) is 1.20. The molecule has 0 amide bonds. The molecule has 3 nitrogen and oxygen atoms in total. The second kappa shape index (κ2) is 9.21. The van der Waals surface area contributed by atoms with Crippen LogP contribution in [0.3, 0.4) is 0 Å². The van der Waals surface area contributed by atoms with Crippen LogP contribution in [0.1, 0.15) is 26.2 Å². The van der Waals surface area contributed by atoms with Crippen LogP contribution < -0.4 is 10.6 Å². The quantitative estimate of drug-likeness (QED) is 0.495. The molecule has 0 aliphatic heterocycles. The topological polar surface area (TPSA) is 27.3 Å². The Labute approximate surface area is 93.2 Å². The number of rotatable bonds is 7. The first-order valence-electron chi connectivity index (χ1n) is 5.33. The smallest absolute Gasteiger partial charge is 0.166 e. The van der Waals surface area contributed by atoms with Crippen molar-refractivity contribution in [2.24, 2.45) is 0 Å². The summed E-state index contributed by atoms with van der Waals surface area (Å²) in [6, 6.07) is 0. The van der Waals surface area contributed by atoms with Gasteiger partial charge in [-0.05, 0) is 45.7 Å². The van der Waals surface area contributed by atoms with Crippen LogP contribution in [-0.4, -0.2) is 43.7 Å². The summed E-state index contributed by atoms with van der Waals surface area (Å²) in [7, 11) is 4.16. The number of unbranched alkanes of at least 4 members (excludes halogenated alkanes) is 1. The Kier molecular flexibility index (Phi) is 8.98. The van der Waals surface area contributed by atoms with Gasteiger partial charge in [-0.1, -0.05) is 13.3 Å². The molecule has 0 heterocycles. The zero-order chi connectivity index (χ0) is 10.8. The Bertz CT molecular complexity index is 148. The Balaban J connectivity index is 3.18. The molecule has 14 heavy (non-hydrogen) atoms. The summed E-state index contributed by atoms with van der Waals surface area (Å²) in [6.45, 7) is 5.21. The van der Waals surface area contributed by atoms with E-state index in [0.717, 1.165) is 31.2 Å². The van der Waals surface area contributed by atoms with Gasteiger partial charge < -0.3 is 15.5 Å². The van der Waals surface area contributed by atoms with Crippen LogP contribution in [0.25, 0.3) is 0 Å². The molecule has 0 rings (SSSR count). The van der Waals surface area contributed by atoms with Gasteiger partial charge in [-0.25, -0.2) is 0 Å². The first-order chi connectivity index (χ1) is 6.66. The number of thiocarbonyl (C=S) groups is 1. The molecule has 0 atom stereocenters. The van der Waals surface area contributed by atoms with Crippen LogP contribution in [0.15, 0.2) is 0 Å². The van der Waals surface area contributed by atoms with Crippen molar-refractivity contribution in [2.45, 2.75) is 26.2 Å². The van der Waals surface area contributed by atoms with Gasteiger partial charge in [0.05, 0.1) is 0 Å². The fourth-order valence-electron chi connectivity index (χ4n) is 1.04. The van der Waals surface area contributed by atoms with Gasteiger partial charge in [-0.3, -0.25) is 0 Å². The molecule has 0 aliphatic carbocycles. The van der Waals surface area contributed by atoms with Gasteiger partial charge in [0.25, 0.3) is 0 Å². The molecular weight excluding hydrogens is 194 g/mol. The minimum Gasteiger partial charge on any atom is -0.363 e. The third-order valence-corrected chi connectivity index (χ3v) is 2.17. The lowest BCUT2D eigenvalue weighted by atomic mass is 10.3. The lowest BCUT2D eigenvalue weighted by Gasteiger charge is -2.12. The molecule has 0 aromatic rings. The van der Waals surface area contributed by atoms with E-state index in [1.165, 1.54) is 12.8 Å². The minimum absolute atomic E-state index is 0.789. The van der Waals surface area contributed by atoms with Gasteiger partial charge in [-0.15, -0.1) is 0 Å². The molecule has 0 aromatic carbocycles. The summed E-state index contributed by atoms with van der Waals surface area (Å²) in [4.78, 5) is 2.18. The van der Waals surface area contributed by atoms with Crippen LogP contribution in [0.4, 0.5) is 0 Å². The number of nitrogens with one attached hydrogen (secondary N) is 2. The number of hydrogen-bond donors (Lipinski definition) is 2. The van der Waals surface area contributed by atoms with Gasteiger partial charge in [0.2, 0.25) is 0 Å². The summed E-state index contributed by atoms with van der Waals surface area (Å²) >= 11 is 5.11. The first-order valence-corrected chi connectivity index (χ1v) is 5.74. The van der Waals surface area contributed by atoms with Crippen molar-refractivity contribution in [3.63, 3.8) is 0 Å². The van der Waals surface area contributed by atoms with Crippen molar-refractivity contribution in [3.8, 4) is 0 Å². The Morgan fingerprint density at radius 2 is 1.71 bits per heavy atom. The molecule has 4 heteroatoms. The van der Waals surface area contributed by atoms with E-state index in [9.17, 15) is 0 Å². The highest BCUT2D eigenvalue weighted by molar-refractivity contribution is 7.80. The highest BCUT2D eigenvalue weighted by Gasteiger charge is 1.94. The summed E-state index contributed by atoms with van der Waals surface area (Å²) in [6.07, 6.45) is 3.51. The normalized spacial score (nSPS) is 10.3. The molecule has 0 unspecified atom stereocenters. The molecule has 0 aliphatic rings. The third-order valence-electron chi connectivity index (χ3n) is 1.88. The average Bonchev–Trinajstić information content (AvgIpc) is 2.13. The van der Waals surface area contributed by atoms with E-state index in [1.807, 2.05) is 0 Å². The fraction of sp³-hybridized carbons (Fsp3) is 0.900. The fourth-order valence-corrected chi connectivity index (χ4v) is 1.24. The Morgan fingerprint density at radius 1 is 1.14 bits per heavy atom. The van der Waals surface area contributed by atoms with Crippen molar-refractivity contribution in [1.29, 1.82) is 0 Å². The first kappa shape index (κ1) is 13.7. The van der Waals surface area contributed by atoms with E-state index in [2.05, 4.69) is 36.6 Å². The van der Waals surface area contributed by atoms with Crippen LogP contribution in [-0.2, 0) is 0 Å². The van der Waals surface area contributed by atoms with E-state index in [1.54, 1.807) is 0 Å². The van der Waals surface area contributed by atoms with Gasteiger partial charge in [0, 0.05) is 13.1 Å². The highest BCUT2D eigenvalue weighted by atomic mass is 32.1. The molecule has 0 fully saturated rings. The lowest BCUT2D eigenvalue weighted by molar-refractivity contribution is 0.400. The molecule has 0 aromatic heterocycles. The van der Waals surface area contributed by atoms with E-state index in [-0.39, 0.29) is 0 Å². The molecule has 0 bridgehead atoms. The summed E-state index contributed by atoms with van der Waals surface area (Å²) in [5.41, 5.74) is 0. The lowest BCUT2D eigenvalue weighted by Crippen LogP contribution is -2.36. The van der Waals surface area contributed by atoms with Gasteiger partial charge >= 0.3 is 0 Å². The van der Waals surface area contributed by atoms with Crippen LogP contribution in [0.5, 0.6) is 0 Å². The second-order valence-corrected chi connectivity index (χ2v) is 4.10. The van der Waals surface area contributed by atoms with Crippen molar-refractivity contribution < 1.29 is 0 Å². The third kappa shape index (κ3) is 9.74. The van der Waals surface area contributed by atoms with Crippen molar-refractivity contribution in [3.05, 3.63) is 0 Å². The van der Waals surface area contributed by atoms with E-state index in [4.69, 9.17) is 12.2 Å². The van der Waals surface area contributed by atoms with Gasteiger partial charge in [0.1, 0.15) is 0 Å². The zero-order valence-corrected chi connectivity index (χ0v) is 10.4. The Morgan fingerprint density at radius 3 is 2.21 bits per heavy atom. The monoisotopic (exact) mass is 217 g/mol. The van der Waals surface area contributed by atoms with Crippen LogP contribution in [0.2, 0.25) is 0 Å². The van der Waals surface area contributed by atoms with Crippen LogP contribution >= 0.6 is 12.2 Å². The maximum atomic E-state index is 5.11. The molecule has 2 N–H and O–H groups in total. The molecule has 0 saturated heterocycles. The van der Waals surface area contributed by atoms with Crippen molar-refractivity contribution >= 4 is 17.3 Å². The summed E-state index contributed by atoms with van der Waals surface area (Å²) in [5, 5.41) is 7.16. The van der Waals surface area contributed by atoms with Gasteiger partial charge in [-0.2, -0.15) is 0 Å². The maximum absolute atomic E-state index is 5.11. The zero-order valence-electron chi connectivity index (χ0n) is 9.60. The molecule has 0 saturated carbocycles. The summed E-state index contributed by atoms with van der Waals surface area (Å²) < 4.78 is 0. The summed E-state index contributed by atoms with van der Waals surface area (Å²) in [5.74, 6) is 0. The average molecular weight is 217 g/mol. The van der Waals surface area contributed by atoms with Gasteiger partial charge in [0.15, 0.2) is 5.11 Å². The largest absolute Gasteiger partial charge is 0.363 e. The number of nitrogens with zero attached hydrogens (tertiary/aromatic N) is 1. The predicted molar refractivity (Wildman–Crippen MR) is 66.7 cm³/mol. The van der Waals surface area contributed by atoms with Crippen molar-refractivity contribution in [1.82, 2.24) is 15.5 Å². The molecular formula is C10H23N3S. The van der Waals surface area contributed by atoms with Crippen LogP contribution in [0, 0.1) is 0 Å². The molecule has 0 radical (unpaired) electrons. The maximum Gasteiger partial charge on any atom is 0.166 e. The van der Waals surface area contributed by atoms with E-state index >= 15 is 0 Å². The standard InChI is InChI=1S/C10H23N3S/c1-4-5-7-11-10(14)12-8-6-9-13(2)3/h4-9H2,1-3H3,(H2,11,12,14). The second-order valence-electron chi connectivity index (χ2n) is 3.69. The molecule has 0 spiro atoms. The Hall–Kier alpha value is -0.350. The SMILES string of the molecule is CCCCNC(=S)NCCCN(C)C. The highest BCUT2D eigenvalue weighted by Crippen LogP contribution is 1.83. The van der Waals surface area contributed by atoms with E-state index in [0.29, 0.717) is 0 Å². The van der Waals surface area contributed by atoms with E-state index < -0.39 is 0 Å². The minimum atomic E-state index is 0.789. The number of hydrogen-bond acceptors (Lipinski definition) is 2.